The Kier molecular flexibility index (Phi) is 5.29. The van der Waals surface area contributed by atoms with E-state index < -0.39 is 8.54 Å². The van der Waals surface area contributed by atoms with Gasteiger partial charge in [-0.1, -0.05) is 51.4 Å². The van der Waals surface area contributed by atoms with Crippen LogP contribution in [0.3, 0.4) is 0 Å². The first-order valence-corrected chi connectivity index (χ1v) is 11.6. The SMILES string of the molecule is FP(F)C1CCC2CCCCC2C1C1CCCC2CCCCC21. The summed E-state index contributed by atoms with van der Waals surface area (Å²) in [6, 6.07) is 0. The summed E-state index contributed by atoms with van der Waals surface area (Å²) in [6.07, 6.45) is 16.7. The molecule has 4 rings (SSSR count). The first-order valence-electron chi connectivity index (χ1n) is 10.4. The van der Waals surface area contributed by atoms with Gasteiger partial charge < -0.3 is 0 Å². The van der Waals surface area contributed by atoms with Crippen LogP contribution in [0.4, 0.5) is 8.39 Å². The lowest BCUT2D eigenvalue weighted by atomic mass is 9.54. The Balaban J connectivity index is 1.60. The van der Waals surface area contributed by atoms with E-state index in [0.717, 1.165) is 30.6 Å². The molecule has 0 nitrogen and oxygen atoms in total. The van der Waals surface area contributed by atoms with Gasteiger partial charge in [0.05, 0.1) is 0 Å². The van der Waals surface area contributed by atoms with Gasteiger partial charge in [0.1, 0.15) is 0 Å². The molecule has 3 heteroatoms. The van der Waals surface area contributed by atoms with Crippen LogP contribution >= 0.6 is 8.54 Å². The second-order valence-corrected chi connectivity index (χ2v) is 10.2. The van der Waals surface area contributed by atoms with Crippen molar-refractivity contribution >= 4 is 8.54 Å². The van der Waals surface area contributed by atoms with Crippen molar-refractivity contribution in [1.29, 1.82) is 0 Å². The smallest absolute Gasteiger partial charge is 0.188 e. The Bertz CT molecular complexity index is 397. The van der Waals surface area contributed by atoms with Crippen LogP contribution in [0, 0.1) is 35.5 Å². The molecule has 0 amide bonds. The van der Waals surface area contributed by atoms with E-state index in [9.17, 15) is 8.39 Å². The largest absolute Gasteiger partial charge is 0.269 e. The predicted octanol–water partition coefficient (Wildman–Crippen LogP) is 7.43. The summed E-state index contributed by atoms with van der Waals surface area (Å²) in [5.41, 5.74) is -0.213. The highest BCUT2D eigenvalue weighted by Gasteiger charge is 2.50. The Morgan fingerprint density at radius 1 is 0.522 bits per heavy atom. The summed E-state index contributed by atoms with van der Waals surface area (Å²) in [5.74, 6) is 4.19. The first kappa shape index (κ1) is 16.7. The third-order valence-electron chi connectivity index (χ3n) is 8.12. The molecule has 0 aromatic heterocycles. The number of halogens is 2. The molecular weight excluding hydrogens is 309 g/mol. The maximum Gasteiger partial charge on any atom is 0.269 e. The van der Waals surface area contributed by atoms with E-state index in [1.54, 1.807) is 0 Å². The maximum absolute atomic E-state index is 14.0. The minimum atomic E-state index is -2.74. The van der Waals surface area contributed by atoms with Gasteiger partial charge >= 0.3 is 0 Å². The lowest BCUT2D eigenvalue weighted by Crippen LogP contribution is -2.47. The summed E-state index contributed by atoms with van der Waals surface area (Å²) in [7, 11) is -2.74. The van der Waals surface area contributed by atoms with Crippen molar-refractivity contribution in [3.05, 3.63) is 0 Å². The van der Waals surface area contributed by atoms with E-state index in [1.165, 1.54) is 70.6 Å². The summed E-state index contributed by atoms with van der Waals surface area (Å²) in [5, 5.41) is 0. The fourth-order valence-corrected chi connectivity index (χ4v) is 8.31. The predicted molar refractivity (Wildman–Crippen MR) is 93.9 cm³/mol. The van der Waals surface area contributed by atoms with Crippen LogP contribution in [-0.2, 0) is 0 Å². The second-order valence-electron chi connectivity index (χ2n) is 8.99. The zero-order chi connectivity index (χ0) is 15.8. The monoisotopic (exact) mass is 342 g/mol. The molecule has 4 fully saturated rings. The Morgan fingerprint density at radius 2 is 1.09 bits per heavy atom. The normalized spacial score (nSPS) is 47.9. The molecule has 23 heavy (non-hydrogen) atoms. The zero-order valence-corrected chi connectivity index (χ0v) is 15.3. The number of hydrogen-bond acceptors (Lipinski definition) is 0. The van der Waals surface area contributed by atoms with Gasteiger partial charge in [0.25, 0.3) is 8.54 Å². The maximum atomic E-state index is 14.0. The van der Waals surface area contributed by atoms with Crippen LogP contribution < -0.4 is 0 Å². The van der Waals surface area contributed by atoms with Crippen LogP contribution in [0.1, 0.15) is 83.5 Å². The van der Waals surface area contributed by atoms with E-state index in [-0.39, 0.29) is 5.66 Å². The fourth-order valence-electron chi connectivity index (χ4n) is 7.26. The Morgan fingerprint density at radius 3 is 1.83 bits per heavy atom. The molecule has 4 aliphatic rings. The summed E-state index contributed by atoms with van der Waals surface area (Å²) < 4.78 is 27.9. The van der Waals surface area contributed by atoms with Crippen LogP contribution in [-0.4, -0.2) is 5.66 Å². The second kappa shape index (κ2) is 7.27. The van der Waals surface area contributed by atoms with Crippen LogP contribution in [0.15, 0.2) is 0 Å². The Hall–Kier alpha value is 0.290. The minimum Gasteiger partial charge on any atom is -0.188 e. The standard InChI is InChI=1S/C20H33F2P/c21-23(22)19-13-12-15-7-2-4-10-17(15)20(19)18-11-5-8-14-6-1-3-9-16(14)18/h14-20H,1-13H2. The van der Waals surface area contributed by atoms with Gasteiger partial charge in [0, 0.05) is 5.66 Å². The van der Waals surface area contributed by atoms with Crippen LogP contribution in [0.2, 0.25) is 0 Å². The molecule has 0 saturated heterocycles. The van der Waals surface area contributed by atoms with Gasteiger partial charge in [-0.25, -0.2) is 0 Å². The molecule has 0 aromatic carbocycles. The Labute approximate surface area is 142 Å². The summed E-state index contributed by atoms with van der Waals surface area (Å²) in [4.78, 5) is 0. The number of hydrogen-bond donors (Lipinski definition) is 0. The third-order valence-corrected chi connectivity index (χ3v) is 9.22. The molecule has 7 atom stereocenters. The highest BCUT2D eigenvalue weighted by atomic mass is 31.2. The molecule has 7 unspecified atom stereocenters. The molecule has 132 valence electrons. The lowest BCUT2D eigenvalue weighted by molar-refractivity contribution is -0.00732. The van der Waals surface area contributed by atoms with Gasteiger partial charge in [-0.3, -0.25) is 0 Å². The fraction of sp³-hybridized carbons (Fsp3) is 1.00. The van der Waals surface area contributed by atoms with Crippen LogP contribution in [0.25, 0.3) is 0 Å². The highest BCUT2D eigenvalue weighted by Crippen LogP contribution is 2.62. The average Bonchev–Trinajstić information content (AvgIpc) is 2.60. The van der Waals surface area contributed by atoms with E-state index in [4.69, 9.17) is 0 Å². The van der Waals surface area contributed by atoms with Gasteiger partial charge in [0.15, 0.2) is 0 Å². The van der Waals surface area contributed by atoms with E-state index in [0.29, 0.717) is 17.8 Å². The van der Waals surface area contributed by atoms with Crippen molar-refractivity contribution in [3.8, 4) is 0 Å². The molecule has 4 saturated carbocycles. The van der Waals surface area contributed by atoms with Gasteiger partial charge in [-0.15, -0.1) is 0 Å². The average molecular weight is 342 g/mol. The summed E-state index contributed by atoms with van der Waals surface area (Å²) in [6.45, 7) is 0. The molecule has 4 aliphatic carbocycles. The van der Waals surface area contributed by atoms with E-state index in [2.05, 4.69) is 0 Å². The number of fused-ring (bicyclic) bond motifs is 2. The van der Waals surface area contributed by atoms with Crippen molar-refractivity contribution in [2.45, 2.75) is 89.1 Å². The zero-order valence-electron chi connectivity index (χ0n) is 14.4. The molecular formula is C20H33F2P. The third kappa shape index (κ3) is 3.23. The van der Waals surface area contributed by atoms with Gasteiger partial charge in [-0.05, 0) is 67.6 Å². The first-order chi connectivity index (χ1) is 11.3. The van der Waals surface area contributed by atoms with E-state index >= 15 is 0 Å². The van der Waals surface area contributed by atoms with Crippen molar-refractivity contribution in [3.63, 3.8) is 0 Å². The molecule has 0 N–H and O–H groups in total. The topological polar surface area (TPSA) is 0 Å². The van der Waals surface area contributed by atoms with Crippen molar-refractivity contribution in [2.24, 2.45) is 35.5 Å². The molecule has 0 bridgehead atoms. The number of rotatable bonds is 2. The van der Waals surface area contributed by atoms with Gasteiger partial charge in [-0.2, -0.15) is 8.39 Å². The highest BCUT2D eigenvalue weighted by molar-refractivity contribution is 7.47. The lowest BCUT2D eigenvalue weighted by Gasteiger charge is -2.53. The van der Waals surface area contributed by atoms with Crippen molar-refractivity contribution < 1.29 is 8.39 Å². The van der Waals surface area contributed by atoms with E-state index in [1.807, 2.05) is 0 Å². The molecule has 0 heterocycles. The van der Waals surface area contributed by atoms with Crippen molar-refractivity contribution in [1.82, 2.24) is 0 Å². The summed E-state index contributed by atoms with van der Waals surface area (Å²) >= 11 is 0. The molecule has 0 aliphatic heterocycles. The minimum absolute atomic E-state index is 0.213. The van der Waals surface area contributed by atoms with Crippen molar-refractivity contribution in [2.75, 3.05) is 0 Å². The molecule has 0 spiro atoms. The quantitative estimate of drug-likeness (QED) is 0.458. The van der Waals surface area contributed by atoms with Crippen LogP contribution in [0.5, 0.6) is 0 Å². The van der Waals surface area contributed by atoms with Gasteiger partial charge in [0.2, 0.25) is 0 Å². The molecule has 0 radical (unpaired) electrons. The molecule has 0 aromatic rings.